The van der Waals surface area contributed by atoms with Crippen LogP contribution in [0, 0.1) is 15.9 Å². The number of rotatable bonds is 4. The minimum absolute atomic E-state index is 0.150. The SMILES string of the molecule is CN1CCCN(C(=O)c2cc([N+](=O)[O-])ccc2Sc2ccccc2F)CC1. The first-order valence-corrected chi connectivity index (χ1v) is 9.46. The lowest BCUT2D eigenvalue weighted by atomic mass is 10.1. The molecule has 27 heavy (non-hydrogen) atoms. The molecule has 0 bridgehead atoms. The van der Waals surface area contributed by atoms with E-state index in [2.05, 4.69) is 4.90 Å². The van der Waals surface area contributed by atoms with Crippen LogP contribution in [0.25, 0.3) is 0 Å². The Bertz CT molecular complexity index is 862. The molecule has 1 amide bonds. The smallest absolute Gasteiger partial charge is 0.270 e. The van der Waals surface area contributed by atoms with Gasteiger partial charge in [-0.05, 0) is 38.2 Å². The third-order valence-corrected chi connectivity index (χ3v) is 5.59. The first-order chi connectivity index (χ1) is 13.0. The van der Waals surface area contributed by atoms with E-state index in [-0.39, 0.29) is 17.2 Å². The van der Waals surface area contributed by atoms with Crippen LogP contribution in [0.5, 0.6) is 0 Å². The molecule has 0 N–H and O–H groups in total. The lowest BCUT2D eigenvalue weighted by molar-refractivity contribution is -0.384. The normalized spacial score (nSPS) is 15.4. The monoisotopic (exact) mass is 389 g/mol. The summed E-state index contributed by atoms with van der Waals surface area (Å²) < 4.78 is 14.0. The third-order valence-electron chi connectivity index (χ3n) is 4.47. The van der Waals surface area contributed by atoms with Crippen molar-refractivity contribution in [3.63, 3.8) is 0 Å². The molecule has 0 unspecified atom stereocenters. The largest absolute Gasteiger partial charge is 0.337 e. The number of nitro groups is 1. The van der Waals surface area contributed by atoms with Gasteiger partial charge in [-0.3, -0.25) is 14.9 Å². The van der Waals surface area contributed by atoms with Gasteiger partial charge in [0.15, 0.2) is 0 Å². The summed E-state index contributed by atoms with van der Waals surface area (Å²) in [6, 6.07) is 10.4. The number of halogens is 1. The lowest BCUT2D eigenvalue weighted by Crippen LogP contribution is -2.34. The molecular formula is C19H20FN3O3S. The van der Waals surface area contributed by atoms with Gasteiger partial charge in [-0.25, -0.2) is 4.39 Å². The van der Waals surface area contributed by atoms with Crippen LogP contribution in [0.1, 0.15) is 16.8 Å². The van der Waals surface area contributed by atoms with Crippen LogP contribution in [0.3, 0.4) is 0 Å². The standard InChI is InChI=1S/C19H20FN3O3S/c1-21-9-4-10-22(12-11-21)19(24)15-13-14(23(25)26)7-8-17(15)27-18-6-3-2-5-16(18)20/h2-3,5-8,13H,4,9-12H2,1H3. The molecule has 1 fully saturated rings. The van der Waals surface area contributed by atoms with Gasteiger partial charge in [-0.2, -0.15) is 0 Å². The third kappa shape index (κ3) is 4.64. The van der Waals surface area contributed by atoms with Crippen molar-refractivity contribution >= 4 is 23.4 Å². The van der Waals surface area contributed by atoms with Crippen molar-refractivity contribution in [3.8, 4) is 0 Å². The second-order valence-corrected chi connectivity index (χ2v) is 7.50. The van der Waals surface area contributed by atoms with E-state index in [0.717, 1.165) is 31.3 Å². The zero-order valence-corrected chi connectivity index (χ0v) is 15.7. The summed E-state index contributed by atoms with van der Waals surface area (Å²) in [5.41, 5.74) is 0.0881. The van der Waals surface area contributed by atoms with Gasteiger partial charge >= 0.3 is 0 Å². The second kappa shape index (κ2) is 8.49. The highest BCUT2D eigenvalue weighted by molar-refractivity contribution is 7.99. The molecular weight excluding hydrogens is 369 g/mol. The quantitative estimate of drug-likeness (QED) is 0.590. The maximum Gasteiger partial charge on any atom is 0.270 e. The number of carbonyl (C=O) groups excluding carboxylic acids is 1. The fraction of sp³-hybridized carbons (Fsp3) is 0.316. The highest BCUT2D eigenvalue weighted by atomic mass is 32.2. The molecule has 2 aromatic rings. The average Bonchev–Trinajstić information content (AvgIpc) is 2.87. The molecule has 1 heterocycles. The summed E-state index contributed by atoms with van der Waals surface area (Å²) in [6.45, 7) is 2.80. The summed E-state index contributed by atoms with van der Waals surface area (Å²) in [7, 11) is 2.00. The van der Waals surface area contributed by atoms with E-state index in [1.807, 2.05) is 7.05 Å². The minimum atomic E-state index is -0.523. The van der Waals surface area contributed by atoms with Crippen LogP contribution in [-0.2, 0) is 0 Å². The molecule has 0 aliphatic carbocycles. The van der Waals surface area contributed by atoms with Gasteiger partial charge in [0.2, 0.25) is 0 Å². The zero-order valence-electron chi connectivity index (χ0n) is 14.9. The van der Waals surface area contributed by atoms with Crippen LogP contribution in [0.2, 0.25) is 0 Å². The molecule has 142 valence electrons. The molecule has 8 heteroatoms. The van der Waals surface area contributed by atoms with Crippen molar-refractivity contribution in [1.82, 2.24) is 9.80 Å². The molecule has 1 aliphatic rings. The molecule has 3 rings (SSSR count). The number of likely N-dealkylation sites (N-methyl/N-ethyl adjacent to an activating group) is 1. The number of amides is 1. The molecule has 0 spiro atoms. The van der Waals surface area contributed by atoms with E-state index in [1.165, 1.54) is 24.3 Å². The van der Waals surface area contributed by atoms with Crippen LogP contribution >= 0.6 is 11.8 Å². The Morgan fingerprint density at radius 3 is 2.63 bits per heavy atom. The highest BCUT2D eigenvalue weighted by Crippen LogP contribution is 2.34. The number of non-ortho nitro benzene ring substituents is 1. The maximum absolute atomic E-state index is 14.0. The predicted molar refractivity (Wildman–Crippen MR) is 102 cm³/mol. The number of benzene rings is 2. The average molecular weight is 389 g/mol. The summed E-state index contributed by atoms with van der Waals surface area (Å²) in [4.78, 5) is 28.5. The fourth-order valence-electron chi connectivity index (χ4n) is 2.95. The molecule has 1 saturated heterocycles. The van der Waals surface area contributed by atoms with Gasteiger partial charge in [-0.1, -0.05) is 23.9 Å². The van der Waals surface area contributed by atoms with Crippen LogP contribution in [-0.4, -0.2) is 53.9 Å². The zero-order chi connectivity index (χ0) is 19.4. The van der Waals surface area contributed by atoms with Crippen LogP contribution in [0.4, 0.5) is 10.1 Å². The van der Waals surface area contributed by atoms with E-state index in [0.29, 0.717) is 22.9 Å². The Morgan fingerprint density at radius 1 is 1.11 bits per heavy atom. The lowest BCUT2D eigenvalue weighted by Gasteiger charge is -2.22. The minimum Gasteiger partial charge on any atom is -0.337 e. The van der Waals surface area contributed by atoms with Crippen LogP contribution < -0.4 is 0 Å². The van der Waals surface area contributed by atoms with Crippen molar-refractivity contribution in [2.45, 2.75) is 16.2 Å². The van der Waals surface area contributed by atoms with Crippen molar-refractivity contribution in [2.24, 2.45) is 0 Å². The topological polar surface area (TPSA) is 66.7 Å². The fourth-order valence-corrected chi connectivity index (χ4v) is 3.89. The number of hydrogen-bond donors (Lipinski definition) is 0. The van der Waals surface area contributed by atoms with Gasteiger partial charge < -0.3 is 9.80 Å². The van der Waals surface area contributed by atoms with Crippen molar-refractivity contribution in [3.05, 3.63) is 64.0 Å². The Morgan fingerprint density at radius 2 is 1.89 bits per heavy atom. The van der Waals surface area contributed by atoms with E-state index in [1.54, 1.807) is 23.1 Å². The molecule has 1 aliphatic heterocycles. The van der Waals surface area contributed by atoms with Gasteiger partial charge in [0.1, 0.15) is 5.82 Å². The second-order valence-electron chi connectivity index (χ2n) is 6.42. The molecule has 6 nitrogen and oxygen atoms in total. The molecule has 0 saturated carbocycles. The van der Waals surface area contributed by atoms with E-state index < -0.39 is 10.7 Å². The maximum atomic E-state index is 14.0. The van der Waals surface area contributed by atoms with E-state index >= 15 is 0 Å². The predicted octanol–water partition coefficient (Wildman–Crippen LogP) is 3.66. The summed E-state index contributed by atoms with van der Waals surface area (Å²) in [5, 5.41) is 11.2. The molecule has 0 atom stereocenters. The van der Waals surface area contributed by atoms with E-state index in [9.17, 15) is 19.3 Å². The molecule has 2 aromatic carbocycles. The number of hydrogen-bond acceptors (Lipinski definition) is 5. The van der Waals surface area contributed by atoms with Gasteiger partial charge in [0.05, 0.1) is 10.5 Å². The Hall–Kier alpha value is -2.45. The van der Waals surface area contributed by atoms with Crippen molar-refractivity contribution < 1.29 is 14.1 Å². The van der Waals surface area contributed by atoms with Crippen molar-refractivity contribution in [1.29, 1.82) is 0 Å². The van der Waals surface area contributed by atoms with Gasteiger partial charge in [0, 0.05) is 41.6 Å². The van der Waals surface area contributed by atoms with Gasteiger partial charge in [0.25, 0.3) is 11.6 Å². The molecule has 0 aromatic heterocycles. The van der Waals surface area contributed by atoms with Crippen molar-refractivity contribution in [2.75, 3.05) is 33.2 Å². The summed E-state index contributed by atoms with van der Waals surface area (Å²) in [6.07, 6.45) is 0.840. The highest BCUT2D eigenvalue weighted by Gasteiger charge is 2.24. The van der Waals surface area contributed by atoms with Gasteiger partial charge in [-0.15, -0.1) is 0 Å². The number of carbonyl (C=O) groups is 1. The first-order valence-electron chi connectivity index (χ1n) is 8.64. The summed E-state index contributed by atoms with van der Waals surface area (Å²) in [5.74, 6) is -0.650. The molecule has 0 radical (unpaired) electrons. The Balaban J connectivity index is 1.95. The Labute approximate surface area is 161 Å². The number of nitro benzene ring substituents is 1. The number of nitrogens with zero attached hydrogens (tertiary/aromatic N) is 3. The summed E-state index contributed by atoms with van der Waals surface area (Å²) >= 11 is 1.10. The van der Waals surface area contributed by atoms with Crippen LogP contribution in [0.15, 0.2) is 52.3 Å². The first kappa shape index (κ1) is 19.3. The van der Waals surface area contributed by atoms with E-state index in [4.69, 9.17) is 0 Å². The Kier molecular flexibility index (Phi) is 6.08.